The minimum absolute atomic E-state index is 0.146. The fourth-order valence-corrected chi connectivity index (χ4v) is 3.20. The Morgan fingerprint density at radius 2 is 1.86 bits per heavy atom. The fourth-order valence-electron chi connectivity index (χ4n) is 2.63. The van der Waals surface area contributed by atoms with Crippen LogP contribution in [0.3, 0.4) is 0 Å². The number of nitrogens with zero attached hydrogens (tertiary/aromatic N) is 1. The first-order valence-electron chi connectivity index (χ1n) is 8.74. The minimum atomic E-state index is -1.02. The van der Waals surface area contributed by atoms with Gasteiger partial charge in [-0.2, -0.15) is 5.10 Å². The van der Waals surface area contributed by atoms with Gasteiger partial charge < -0.3 is 14.6 Å². The van der Waals surface area contributed by atoms with Crippen molar-refractivity contribution in [3.05, 3.63) is 87.9 Å². The molecule has 0 spiro atoms. The van der Waals surface area contributed by atoms with Crippen LogP contribution in [0.15, 0.2) is 76.3 Å². The molecule has 3 aromatic rings. The van der Waals surface area contributed by atoms with E-state index in [-0.39, 0.29) is 5.56 Å². The summed E-state index contributed by atoms with van der Waals surface area (Å²) in [6.07, 6.45) is 1.58. The summed E-state index contributed by atoms with van der Waals surface area (Å²) in [4.78, 5) is 11.3. The molecule has 0 atom stereocenters. The van der Waals surface area contributed by atoms with Gasteiger partial charge >= 0.3 is 5.97 Å². The van der Waals surface area contributed by atoms with Crippen molar-refractivity contribution in [1.29, 1.82) is 0 Å². The Morgan fingerprint density at radius 1 is 1.14 bits per heavy atom. The molecule has 0 saturated carbocycles. The summed E-state index contributed by atoms with van der Waals surface area (Å²) in [5.74, 6) is 0.132. The van der Waals surface area contributed by atoms with Crippen LogP contribution in [0.4, 0.5) is 5.69 Å². The van der Waals surface area contributed by atoms with E-state index in [2.05, 4.69) is 26.5 Å². The molecular formula is C22H19BrN2O4. The lowest BCUT2D eigenvalue weighted by Crippen LogP contribution is -2.02. The van der Waals surface area contributed by atoms with Gasteiger partial charge in [0.05, 0.1) is 29.0 Å². The molecule has 0 aliphatic rings. The molecule has 2 N–H and O–H groups in total. The standard InChI is InChI=1S/C22H19BrN2O4/c1-28-20-12-16(13-24-25-19-10-6-5-9-17(19)22(26)27)11-18(23)21(20)29-14-15-7-3-2-4-8-15/h2-13,25H,14H2,1H3,(H,26,27). The van der Waals surface area contributed by atoms with Gasteiger partial charge in [-0.05, 0) is 51.3 Å². The highest BCUT2D eigenvalue weighted by molar-refractivity contribution is 9.10. The predicted octanol–water partition coefficient (Wildman–Crippen LogP) is 5.18. The van der Waals surface area contributed by atoms with E-state index in [0.717, 1.165) is 15.6 Å². The van der Waals surface area contributed by atoms with Crippen LogP contribution in [-0.4, -0.2) is 24.4 Å². The molecule has 3 aromatic carbocycles. The molecule has 0 aromatic heterocycles. The lowest BCUT2D eigenvalue weighted by molar-refractivity contribution is 0.0698. The van der Waals surface area contributed by atoms with Crippen molar-refractivity contribution in [3.8, 4) is 11.5 Å². The lowest BCUT2D eigenvalue weighted by atomic mass is 10.2. The monoisotopic (exact) mass is 454 g/mol. The average molecular weight is 455 g/mol. The summed E-state index contributed by atoms with van der Waals surface area (Å²) in [6, 6.07) is 20.0. The number of halogens is 1. The molecule has 0 heterocycles. The van der Waals surface area contributed by atoms with Gasteiger partial charge in [0.1, 0.15) is 6.61 Å². The maximum absolute atomic E-state index is 11.3. The molecule has 0 fully saturated rings. The summed E-state index contributed by atoms with van der Waals surface area (Å²) in [6.45, 7) is 0.413. The van der Waals surface area contributed by atoms with Crippen molar-refractivity contribution >= 4 is 33.8 Å². The van der Waals surface area contributed by atoms with Crippen LogP contribution in [0.25, 0.3) is 0 Å². The van der Waals surface area contributed by atoms with Crippen LogP contribution >= 0.6 is 15.9 Å². The van der Waals surface area contributed by atoms with Crippen molar-refractivity contribution in [3.63, 3.8) is 0 Å². The highest BCUT2D eigenvalue weighted by Gasteiger charge is 2.12. The van der Waals surface area contributed by atoms with Crippen molar-refractivity contribution in [2.75, 3.05) is 12.5 Å². The average Bonchev–Trinajstić information content (AvgIpc) is 2.73. The number of ether oxygens (including phenoxy) is 2. The molecule has 0 bridgehead atoms. The smallest absolute Gasteiger partial charge is 0.337 e. The zero-order chi connectivity index (χ0) is 20.6. The number of hydrogen-bond acceptors (Lipinski definition) is 5. The summed E-state index contributed by atoms with van der Waals surface area (Å²) >= 11 is 3.52. The third-order valence-corrected chi connectivity index (χ3v) is 4.62. The molecule has 29 heavy (non-hydrogen) atoms. The summed E-state index contributed by atoms with van der Waals surface area (Å²) < 4.78 is 12.1. The molecular weight excluding hydrogens is 436 g/mol. The Morgan fingerprint density at radius 3 is 2.59 bits per heavy atom. The first-order valence-corrected chi connectivity index (χ1v) is 9.53. The van der Waals surface area contributed by atoms with Crippen molar-refractivity contribution in [1.82, 2.24) is 0 Å². The number of hydrogen-bond donors (Lipinski definition) is 2. The van der Waals surface area contributed by atoms with E-state index in [1.54, 1.807) is 37.6 Å². The fraction of sp³-hybridized carbons (Fsp3) is 0.0909. The minimum Gasteiger partial charge on any atom is -0.493 e. The summed E-state index contributed by atoms with van der Waals surface area (Å²) in [7, 11) is 1.57. The van der Waals surface area contributed by atoms with Gasteiger partial charge in [0, 0.05) is 0 Å². The second-order valence-electron chi connectivity index (χ2n) is 6.03. The Kier molecular flexibility index (Phi) is 6.86. The molecule has 0 aliphatic carbocycles. The number of aromatic carboxylic acids is 1. The second-order valence-corrected chi connectivity index (χ2v) is 6.88. The van der Waals surface area contributed by atoms with E-state index in [4.69, 9.17) is 9.47 Å². The van der Waals surface area contributed by atoms with Crippen LogP contribution in [0.5, 0.6) is 11.5 Å². The number of carbonyl (C=O) groups is 1. The Bertz CT molecular complexity index is 1020. The molecule has 6 nitrogen and oxygen atoms in total. The first kappa shape index (κ1) is 20.4. The SMILES string of the molecule is COc1cc(C=NNc2ccccc2C(=O)O)cc(Br)c1OCc1ccccc1. The molecule has 3 rings (SSSR count). The van der Waals surface area contributed by atoms with Gasteiger partial charge in [0.25, 0.3) is 0 Å². The zero-order valence-corrected chi connectivity index (χ0v) is 17.2. The van der Waals surface area contributed by atoms with Gasteiger partial charge in [-0.25, -0.2) is 4.79 Å². The maximum Gasteiger partial charge on any atom is 0.337 e. The van der Waals surface area contributed by atoms with Gasteiger partial charge in [0.2, 0.25) is 0 Å². The second kappa shape index (κ2) is 9.75. The topological polar surface area (TPSA) is 80.2 Å². The number of carboxylic acids is 1. The molecule has 0 aliphatic heterocycles. The molecule has 0 radical (unpaired) electrons. The van der Waals surface area contributed by atoms with Gasteiger partial charge in [-0.1, -0.05) is 42.5 Å². The third-order valence-electron chi connectivity index (χ3n) is 4.03. The Hall–Kier alpha value is -3.32. The van der Waals surface area contributed by atoms with Crippen molar-refractivity contribution < 1.29 is 19.4 Å². The zero-order valence-electron chi connectivity index (χ0n) is 15.6. The highest BCUT2D eigenvalue weighted by atomic mass is 79.9. The van der Waals surface area contributed by atoms with Crippen LogP contribution < -0.4 is 14.9 Å². The van der Waals surface area contributed by atoms with E-state index in [9.17, 15) is 9.90 Å². The third kappa shape index (κ3) is 5.36. The van der Waals surface area contributed by atoms with Gasteiger partial charge in [-0.3, -0.25) is 5.43 Å². The highest BCUT2D eigenvalue weighted by Crippen LogP contribution is 2.36. The molecule has 0 unspecified atom stereocenters. The van der Waals surface area contributed by atoms with Gasteiger partial charge in [-0.15, -0.1) is 0 Å². The Labute approximate surface area is 176 Å². The van der Waals surface area contributed by atoms with E-state index in [0.29, 0.717) is 23.8 Å². The van der Waals surface area contributed by atoms with Crippen molar-refractivity contribution in [2.24, 2.45) is 5.10 Å². The molecule has 0 amide bonds. The van der Waals surface area contributed by atoms with E-state index in [1.165, 1.54) is 6.07 Å². The van der Waals surface area contributed by atoms with E-state index >= 15 is 0 Å². The maximum atomic E-state index is 11.3. The van der Waals surface area contributed by atoms with Crippen LogP contribution in [0.2, 0.25) is 0 Å². The van der Waals surface area contributed by atoms with Crippen molar-refractivity contribution in [2.45, 2.75) is 6.61 Å². The number of rotatable bonds is 8. The molecule has 0 saturated heterocycles. The molecule has 7 heteroatoms. The Balaban J connectivity index is 1.75. The summed E-state index contributed by atoms with van der Waals surface area (Å²) in [5.41, 5.74) is 5.12. The normalized spacial score (nSPS) is 10.7. The first-order chi connectivity index (χ1) is 14.1. The van der Waals surface area contributed by atoms with Crippen LogP contribution in [-0.2, 0) is 6.61 Å². The summed E-state index contributed by atoms with van der Waals surface area (Å²) in [5, 5.41) is 13.4. The largest absolute Gasteiger partial charge is 0.493 e. The van der Waals surface area contributed by atoms with E-state index in [1.807, 2.05) is 36.4 Å². The quantitative estimate of drug-likeness (QED) is 0.362. The number of methoxy groups -OCH3 is 1. The molecule has 148 valence electrons. The van der Waals surface area contributed by atoms with Crippen LogP contribution in [0, 0.1) is 0 Å². The number of hydrazone groups is 1. The number of benzene rings is 3. The number of para-hydroxylation sites is 1. The van der Waals surface area contributed by atoms with Crippen LogP contribution in [0.1, 0.15) is 21.5 Å². The number of nitrogens with one attached hydrogen (secondary N) is 1. The predicted molar refractivity (Wildman–Crippen MR) is 116 cm³/mol. The van der Waals surface area contributed by atoms with Gasteiger partial charge in [0.15, 0.2) is 11.5 Å². The lowest BCUT2D eigenvalue weighted by Gasteiger charge is -2.13. The number of carboxylic acid groups (broad SMARTS) is 1. The number of anilines is 1. The van der Waals surface area contributed by atoms with E-state index < -0.39 is 5.97 Å².